The number of carbonyl (C=O) groups excluding carboxylic acids is 1. The molecule has 3 aromatic rings. The molecule has 7 N–H and O–H groups in total. The number of carbonyl (C=O) groups is 2. The average molecular weight is 503 g/mol. The molecular formula is C21H22N6O5S2. The number of sulfonamides is 1. The maximum Gasteiger partial charge on any atom is 0.323 e. The Balaban J connectivity index is 1.73. The molecule has 0 aliphatic heterocycles. The summed E-state index contributed by atoms with van der Waals surface area (Å²) in [6.07, 6.45) is -0.319. The molecule has 11 nitrogen and oxygen atoms in total. The first-order valence-corrected chi connectivity index (χ1v) is 12.1. The third-order valence-corrected chi connectivity index (χ3v) is 7.23. The lowest BCUT2D eigenvalue weighted by Crippen LogP contribution is -2.56. The van der Waals surface area contributed by atoms with E-state index in [0.717, 1.165) is 11.3 Å². The number of rotatable bonds is 10. The highest BCUT2D eigenvalue weighted by Crippen LogP contribution is 2.24. The predicted octanol–water partition coefficient (Wildman–Crippen LogP) is 0.668. The molecule has 0 bridgehead atoms. The minimum Gasteiger partial charge on any atom is -0.480 e. The number of hydrogen-bond donors (Lipinski definition) is 5. The number of aromatic nitrogens is 2. The average Bonchev–Trinajstić information content (AvgIpc) is 3.25. The summed E-state index contributed by atoms with van der Waals surface area (Å²) >= 11 is 1.11. The van der Waals surface area contributed by atoms with Crippen LogP contribution in [0, 0.1) is 12.3 Å². The van der Waals surface area contributed by atoms with Crippen LogP contribution in [0.1, 0.15) is 16.1 Å². The topological polar surface area (TPSA) is 202 Å². The number of hydrogen-bond acceptors (Lipinski definition) is 9. The smallest absolute Gasteiger partial charge is 0.323 e. The summed E-state index contributed by atoms with van der Waals surface area (Å²) in [6, 6.07) is 9.08. The molecule has 0 saturated carbocycles. The fraction of sp³-hybridized carbons (Fsp3) is 0.190. The lowest BCUT2D eigenvalue weighted by Gasteiger charge is -2.20. The Labute approximate surface area is 199 Å². The SMILES string of the molecule is Cc1cccc(S(=O)(=O)NC(C(=O)O)[C@H](N)C(=O)Cc2nnc(-c3ccc(C(=N)N)cc3)s2)c1. The molecule has 34 heavy (non-hydrogen) atoms. The van der Waals surface area contributed by atoms with Crippen LogP contribution >= 0.6 is 11.3 Å². The van der Waals surface area contributed by atoms with Gasteiger partial charge in [0, 0.05) is 11.1 Å². The lowest BCUT2D eigenvalue weighted by atomic mass is 10.0. The van der Waals surface area contributed by atoms with Crippen LogP contribution in [0.2, 0.25) is 0 Å². The largest absolute Gasteiger partial charge is 0.480 e. The highest BCUT2D eigenvalue weighted by Gasteiger charge is 2.35. The monoisotopic (exact) mass is 502 g/mol. The Hall–Kier alpha value is -3.52. The van der Waals surface area contributed by atoms with Gasteiger partial charge < -0.3 is 16.6 Å². The number of nitrogens with two attached hydrogens (primary N) is 2. The highest BCUT2D eigenvalue weighted by molar-refractivity contribution is 7.89. The van der Waals surface area contributed by atoms with Crippen molar-refractivity contribution in [1.29, 1.82) is 5.41 Å². The van der Waals surface area contributed by atoms with Gasteiger partial charge in [0.2, 0.25) is 10.0 Å². The Morgan fingerprint density at radius 3 is 2.44 bits per heavy atom. The molecule has 0 aliphatic rings. The quantitative estimate of drug-likeness (QED) is 0.195. The van der Waals surface area contributed by atoms with Crippen molar-refractivity contribution in [1.82, 2.24) is 14.9 Å². The Kier molecular flexibility index (Phi) is 7.51. The van der Waals surface area contributed by atoms with E-state index in [0.29, 0.717) is 21.7 Å². The molecule has 13 heteroatoms. The summed E-state index contributed by atoms with van der Waals surface area (Å²) < 4.78 is 27.3. The van der Waals surface area contributed by atoms with Crippen molar-refractivity contribution < 1.29 is 23.1 Å². The number of nitrogen functional groups attached to an aromatic ring is 1. The minimum absolute atomic E-state index is 0.0740. The van der Waals surface area contributed by atoms with Gasteiger partial charge in [0.25, 0.3) is 0 Å². The predicted molar refractivity (Wildman–Crippen MR) is 126 cm³/mol. The third kappa shape index (κ3) is 5.88. The van der Waals surface area contributed by atoms with Crippen LogP contribution in [0.15, 0.2) is 53.4 Å². The molecule has 2 aromatic carbocycles. The van der Waals surface area contributed by atoms with Crippen LogP contribution < -0.4 is 16.2 Å². The van der Waals surface area contributed by atoms with Gasteiger partial charge in [0.15, 0.2) is 5.78 Å². The van der Waals surface area contributed by atoms with Crippen LogP contribution in [0.5, 0.6) is 0 Å². The van der Waals surface area contributed by atoms with Crippen molar-refractivity contribution in [2.75, 3.05) is 0 Å². The van der Waals surface area contributed by atoms with Gasteiger partial charge in [0.05, 0.1) is 17.4 Å². The lowest BCUT2D eigenvalue weighted by molar-refractivity contribution is -0.141. The summed E-state index contributed by atoms with van der Waals surface area (Å²) in [5.41, 5.74) is 13.2. The number of aryl methyl sites for hydroxylation is 1. The molecule has 178 valence electrons. The number of amidine groups is 1. The Morgan fingerprint density at radius 1 is 1.18 bits per heavy atom. The number of ketones is 1. The zero-order valence-electron chi connectivity index (χ0n) is 17.9. The van der Waals surface area contributed by atoms with Gasteiger partial charge >= 0.3 is 5.97 Å². The molecule has 1 unspecified atom stereocenters. The first-order chi connectivity index (χ1) is 16.0. The standard InChI is InChI=1S/C21H22N6O5S2/c1-11-3-2-4-14(9-11)34(31,32)27-18(21(29)30)17(22)15(28)10-16-25-26-20(33-16)13-7-5-12(6-8-13)19(23)24/h2-9,17-18,27H,10,22H2,1H3,(H3,23,24)(H,29,30)/t17-,18?/m1/s1. The molecule has 0 spiro atoms. The minimum atomic E-state index is -4.23. The maximum atomic E-state index is 12.7. The second-order valence-corrected chi connectivity index (χ2v) is 10.2. The van der Waals surface area contributed by atoms with Crippen LogP contribution in [-0.4, -0.2) is 53.4 Å². The summed E-state index contributed by atoms with van der Waals surface area (Å²) in [5, 5.41) is 25.7. The maximum absolute atomic E-state index is 12.7. The van der Waals surface area contributed by atoms with E-state index in [9.17, 15) is 23.1 Å². The van der Waals surface area contributed by atoms with E-state index in [1.807, 2.05) is 4.72 Å². The number of carboxylic acids is 1. The van der Waals surface area contributed by atoms with Crippen LogP contribution in [0.25, 0.3) is 10.6 Å². The Bertz CT molecular complexity index is 1340. The summed E-state index contributed by atoms with van der Waals surface area (Å²) in [7, 11) is -4.23. The molecular weight excluding hydrogens is 480 g/mol. The van der Waals surface area contributed by atoms with E-state index in [1.165, 1.54) is 18.2 Å². The summed E-state index contributed by atoms with van der Waals surface area (Å²) in [6.45, 7) is 1.69. The van der Waals surface area contributed by atoms with E-state index in [4.69, 9.17) is 16.9 Å². The van der Waals surface area contributed by atoms with Gasteiger partial charge in [-0.05, 0) is 24.6 Å². The van der Waals surface area contributed by atoms with Gasteiger partial charge in [-0.2, -0.15) is 4.72 Å². The summed E-state index contributed by atoms with van der Waals surface area (Å²) in [4.78, 5) is 24.3. The zero-order chi connectivity index (χ0) is 25.0. The van der Waals surface area contributed by atoms with Gasteiger partial charge in [-0.3, -0.25) is 15.0 Å². The molecule has 3 rings (SSSR count). The Morgan fingerprint density at radius 2 is 1.85 bits per heavy atom. The van der Waals surface area contributed by atoms with Gasteiger partial charge in [-0.1, -0.05) is 47.7 Å². The normalized spacial score (nSPS) is 13.2. The van der Waals surface area contributed by atoms with Crippen molar-refractivity contribution in [2.45, 2.75) is 30.3 Å². The molecule has 0 radical (unpaired) electrons. The van der Waals surface area contributed by atoms with Crippen LogP contribution in [-0.2, 0) is 26.0 Å². The fourth-order valence-electron chi connectivity index (χ4n) is 2.98. The fourth-order valence-corrected chi connectivity index (χ4v) is 5.15. The molecule has 0 saturated heterocycles. The van der Waals surface area contributed by atoms with Crippen molar-refractivity contribution in [2.24, 2.45) is 11.5 Å². The van der Waals surface area contributed by atoms with E-state index in [1.54, 1.807) is 37.3 Å². The highest BCUT2D eigenvalue weighted by atomic mass is 32.2. The second-order valence-electron chi connectivity index (χ2n) is 7.41. The third-order valence-electron chi connectivity index (χ3n) is 4.81. The number of carboxylic acid groups (broad SMARTS) is 1. The van der Waals surface area contributed by atoms with Gasteiger partial charge in [-0.15, -0.1) is 10.2 Å². The number of nitrogens with zero attached hydrogens (tertiary/aromatic N) is 2. The molecule has 1 heterocycles. The van der Waals surface area contributed by atoms with Crippen LogP contribution in [0.3, 0.4) is 0 Å². The number of benzene rings is 2. The zero-order valence-corrected chi connectivity index (χ0v) is 19.6. The first kappa shape index (κ1) is 25.1. The molecule has 0 aliphatic carbocycles. The second kappa shape index (κ2) is 10.2. The van der Waals surface area contributed by atoms with Gasteiger partial charge in [0.1, 0.15) is 21.9 Å². The van der Waals surface area contributed by atoms with Crippen LogP contribution in [0.4, 0.5) is 0 Å². The molecule has 1 aromatic heterocycles. The molecule has 2 atom stereocenters. The molecule has 0 fully saturated rings. The van der Waals surface area contributed by atoms with E-state index < -0.39 is 33.9 Å². The van der Waals surface area contributed by atoms with Crippen molar-refractivity contribution in [3.05, 3.63) is 64.7 Å². The van der Waals surface area contributed by atoms with E-state index >= 15 is 0 Å². The van der Waals surface area contributed by atoms with E-state index in [-0.39, 0.29) is 22.2 Å². The van der Waals surface area contributed by atoms with E-state index in [2.05, 4.69) is 10.2 Å². The number of Topliss-reactive ketones (excluding diaryl/α,β-unsaturated/α-hetero) is 1. The van der Waals surface area contributed by atoms with Crippen molar-refractivity contribution in [3.63, 3.8) is 0 Å². The van der Waals surface area contributed by atoms with Crippen molar-refractivity contribution in [3.8, 4) is 10.6 Å². The number of nitrogens with one attached hydrogen (secondary N) is 2. The number of aliphatic carboxylic acids is 1. The van der Waals surface area contributed by atoms with Crippen molar-refractivity contribution >= 4 is 38.9 Å². The van der Waals surface area contributed by atoms with Gasteiger partial charge in [-0.25, -0.2) is 8.42 Å². The summed E-state index contributed by atoms with van der Waals surface area (Å²) in [5.74, 6) is -2.37. The first-order valence-electron chi connectivity index (χ1n) is 9.85. The molecule has 0 amide bonds.